The molecule has 0 aromatic heterocycles. The maximum absolute atomic E-state index is 12.5. The molecule has 1 aromatic carbocycles. The molecule has 0 bridgehead atoms. The summed E-state index contributed by atoms with van der Waals surface area (Å²) in [6.45, 7) is 0. The third-order valence-corrected chi connectivity index (χ3v) is 2.35. The van der Waals surface area contributed by atoms with Crippen LogP contribution >= 0.6 is 0 Å². The van der Waals surface area contributed by atoms with Gasteiger partial charge in [0.15, 0.2) is 0 Å². The Labute approximate surface area is 96.4 Å². The number of halogens is 3. The molecule has 17 heavy (non-hydrogen) atoms. The number of rotatable bonds is 3. The fourth-order valence-electron chi connectivity index (χ4n) is 1.47. The van der Waals surface area contributed by atoms with Crippen LogP contribution in [0.3, 0.4) is 0 Å². The van der Waals surface area contributed by atoms with Gasteiger partial charge >= 0.3 is 12.1 Å². The lowest BCUT2D eigenvalue weighted by Gasteiger charge is -2.24. The number of hydrogen-bond donors (Lipinski definition) is 1. The van der Waals surface area contributed by atoms with Crippen LogP contribution in [0.2, 0.25) is 0 Å². The summed E-state index contributed by atoms with van der Waals surface area (Å²) in [5, 5.41) is 0. The van der Waals surface area contributed by atoms with E-state index in [0.717, 1.165) is 7.11 Å². The summed E-state index contributed by atoms with van der Waals surface area (Å²) < 4.78 is 42.0. The van der Waals surface area contributed by atoms with Crippen LogP contribution in [0.15, 0.2) is 30.3 Å². The van der Waals surface area contributed by atoms with Crippen LogP contribution in [0.5, 0.6) is 0 Å². The number of carbonyl (C=O) groups excluding carboxylic acids is 1. The highest BCUT2D eigenvalue weighted by atomic mass is 19.4. The van der Waals surface area contributed by atoms with Crippen LogP contribution < -0.4 is 5.73 Å². The molecule has 2 N–H and O–H groups in total. The zero-order valence-corrected chi connectivity index (χ0v) is 9.07. The third kappa shape index (κ3) is 3.20. The van der Waals surface area contributed by atoms with Gasteiger partial charge in [-0.25, -0.2) is 0 Å². The molecule has 0 amide bonds. The van der Waals surface area contributed by atoms with E-state index in [1.807, 2.05) is 0 Å². The first-order valence-electron chi connectivity index (χ1n) is 4.83. The monoisotopic (exact) mass is 247 g/mol. The molecule has 0 unspecified atom stereocenters. The van der Waals surface area contributed by atoms with E-state index < -0.39 is 24.1 Å². The molecule has 94 valence electrons. The molecule has 0 saturated carbocycles. The van der Waals surface area contributed by atoms with Crippen molar-refractivity contribution in [2.24, 2.45) is 5.73 Å². The van der Waals surface area contributed by atoms with Crippen LogP contribution in [-0.2, 0) is 9.53 Å². The van der Waals surface area contributed by atoms with Crippen LogP contribution in [-0.4, -0.2) is 25.3 Å². The van der Waals surface area contributed by atoms with Crippen LogP contribution in [0, 0.1) is 0 Å². The van der Waals surface area contributed by atoms with Gasteiger partial charge in [0.1, 0.15) is 12.0 Å². The van der Waals surface area contributed by atoms with Gasteiger partial charge in [0.25, 0.3) is 0 Å². The minimum absolute atomic E-state index is 0.184. The van der Waals surface area contributed by atoms with Crippen molar-refractivity contribution in [1.82, 2.24) is 0 Å². The van der Waals surface area contributed by atoms with Gasteiger partial charge < -0.3 is 10.5 Å². The molecule has 0 fully saturated rings. The molecule has 0 saturated heterocycles. The van der Waals surface area contributed by atoms with E-state index in [1.54, 1.807) is 6.07 Å². The van der Waals surface area contributed by atoms with Gasteiger partial charge in [0.2, 0.25) is 0 Å². The zero-order chi connectivity index (χ0) is 13.1. The van der Waals surface area contributed by atoms with Crippen molar-refractivity contribution in [1.29, 1.82) is 0 Å². The van der Waals surface area contributed by atoms with E-state index in [9.17, 15) is 18.0 Å². The predicted molar refractivity (Wildman–Crippen MR) is 55.2 cm³/mol. The molecule has 0 aliphatic carbocycles. The van der Waals surface area contributed by atoms with Crippen LogP contribution in [0.25, 0.3) is 0 Å². The molecule has 0 aliphatic rings. The van der Waals surface area contributed by atoms with Crippen LogP contribution in [0.4, 0.5) is 13.2 Å². The molecule has 0 aliphatic heterocycles. The lowest BCUT2D eigenvalue weighted by atomic mass is 9.91. The Morgan fingerprint density at radius 3 is 2.24 bits per heavy atom. The molecule has 6 heteroatoms. The fraction of sp³-hybridized carbons (Fsp3) is 0.364. The molecular weight excluding hydrogens is 235 g/mol. The number of methoxy groups -OCH3 is 1. The summed E-state index contributed by atoms with van der Waals surface area (Å²) in [7, 11) is 1.03. The van der Waals surface area contributed by atoms with Gasteiger partial charge in [-0.1, -0.05) is 30.3 Å². The smallest absolute Gasteiger partial charge is 0.404 e. The molecule has 1 aromatic rings. The van der Waals surface area contributed by atoms with Gasteiger partial charge in [-0.2, -0.15) is 13.2 Å². The number of esters is 1. The van der Waals surface area contributed by atoms with E-state index in [1.165, 1.54) is 24.3 Å². The second-order valence-electron chi connectivity index (χ2n) is 3.48. The zero-order valence-electron chi connectivity index (χ0n) is 9.07. The van der Waals surface area contributed by atoms with Gasteiger partial charge in [-0.05, 0) is 5.56 Å². The van der Waals surface area contributed by atoms with Gasteiger partial charge in [0, 0.05) is 0 Å². The third-order valence-electron chi connectivity index (χ3n) is 2.35. The Morgan fingerprint density at radius 2 is 1.82 bits per heavy atom. The van der Waals surface area contributed by atoms with Crippen molar-refractivity contribution in [3.8, 4) is 0 Å². The molecule has 3 nitrogen and oxygen atoms in total. The van der Waals surface area contributed by atoms with Crippen LogP contribution in [0.1, 0.15) is 11.5 Å². The Morgan fingerprint density at radius 1 is 1.29 bits per heavy atom. The average Bonchev–Trinajstić information content (AvgIpc) is 2.29. The molecular formula is C11H12F3NO2. The number of carbonyl (C=O) groups is 1. The first-order chi connectivity index (χ1) is 7.88. The first kappa shape index (κ1) is 13.5. The summed E-state index contributed by atoms with van der Waals surface area (Å²) >= 11 is 0. The van der Waals surface area contributed by atoms with Gasteiger partial charge in [-0.3, -0.25) is 4.79 Å². The number of benzene rings is 1. The van der Waals surface area contributed by atoms with E-state index in [-0.39, 0.29) is 5.56 Å². The van der Waals surface area contributed by atoms with Crippen molar-refractivity contribution in [2.45, 2.75) is 18.1 Å². The van der Waals surface area contributed by atoms with Crippen molar-refractivity contribution in [3.63, 3.8) is 0 Å². The molecule has 0 radical (unpaired) electrons. The van der Waals surface area contributed by atoms with Gasteiger partial charge in [-0.15, -0.1) is 0 Å². The maximum atomic E-state index is 12.5. The highest BCUT2D eigenvalue weighted by Gasteiger charge is 2.46. The highest BCUT2D eigenvalue weighted by molar-refractivity contribution is 5.79. The number of nitrogens with two attached hydrogens (primary N) is 1. The highest BCUT2D eigenvalue weighted by Crippen LogP contribution is 2.31. The minimum Gasteiger partial charge on any atom is -0.468 e. The van der Waals surface area contributed by atoms with Gasteiger partial charge in [0.05, 0.1) is 7.11 Å². The van der Waals surface area contributed by atoms with Crippen molar-refractivity contribution < 1.29 is 22.7 Å². The first-order valence-corrected chi connectivity index (χ1v) is 4.83. The average molecular weight is 247 g/mol. The van der Waals surface area contributed by atoms with Crippen molar-refractivity contribution in [2.75, 3.05) is 7.11 Å². The second-order valence-corrected chi connectivity index (χ2v) is 3.48. The molecule has 1 rings (SSSR count). The normalized spacial score (nSPS) is 15.1. The maximum Gasteiger partial charge on any atom is 0.404 e. The lowest BCUT2D eigenvalue weighted by Crippen LogP contribution is -2.45. The van der Waals surface area contributed by atoms with Crippen molar-refractivity contribution in [3.05, 3.63) is 35.9 Å². The molecule has 0 heterocycles. The standard InChI is InChI=1S/C11H12F3NO2/c1-17-10(16)8(9(15)11(12,13)14)7-5-3-2-4-6-7/h2-6,8-9H,15H2,1H3/t8-,9-/m0/s1. The Bertz CT molecular complexity index is 378. The Kier molecular flexibility index (Phi) is 4.11. The van der Waals surface area contributed by atoms with E-state index >= 15 is 0 Å². The predicted octanol–water partition coefficient (Wildman–Crippen LogP) is 1.83. The lowest BCUT2D eigenvalue weighted by molar-refractivity contribution is -0.167. The number of hydrogen-bond acceptors (Lipinski definition) is 3. The summed E-state index contributed by atoms with van der Waals surface area (Å²) in [6, 6.07) is 5.25. The fourth-order valence-corrected chi connectivity index (χ4v) is 1.47. The summed E-state index contributed by atoms with van der Waals surface area (Å²) in [5.41, 5.74) is 5.26. The molecule has 0 spiro atoms. The second kappa shape index (κ2) is 5.18. The Hall–Kier alpha value is -1.56. The number of ether oxygens (including phenoxy) is 1. The Balaban J connectivity index is 3.10. The quantitative estimate of drug-likeness (QED) is 0.829. The minimum atomic E-state index is -4.66. The SMILES string of the molecule is COC(=O)[C@@H](c1ccccc1)[C@H](N)C(F)(F)F. The summed E-state index contributed by atoms with van der Waals surface area (Å²) in [5.74, 6) is -2.54. The topological polar surface area (TPSA) is 52.3 Å². The largest absolute Gasteiger partial charge is 0.468 e. The van der Waals surface area contributed by atoms with Crippen molar-refractivity contribution >= 4 is 5.97 Å². The van der Waals surface area contributed by atoms with E-state index in [2.05, 4.69) is 4.74 Å². The summed E-state index contributed by atoms with van der Waals surface area (Å²) in [6.07, 6.45) is -4.66. The van der Waals surface area contributed by atoms with E-state index in [0.29, 0.717) is 0 Å². The summed E-state index contributed by atoms with van der Waals surface area (Å²) in [4.78, 5) is 11.4. The number of alkyl halides is 3. The molecule has 2 atom stereocenters. The van der Waals surface area contributed by atoms with E-state index in [4.69, 9.17) is 5.73 Å².